The van der Waals surface area contributed by atoms with Crippen molar-refractivity contribution in [1.82, 2.24) is 0 Å². The molecule has 0 unspecified atom stereocenters. The van der Waals surface area contributed by atoms with E-state index in [4.69, 9.17) is 0 Å². The molecule has 0 aliphatic rings. The van der Waals surface area contributed by atoms with Gasteiger partial charge in [-0.15, -0.1) is 0 Å². The van der Waals surface area contributed by atoms with Gasteiger partial charge in [0, 0.05) is 6.26 Å². The van der Waals surface area contributed by atoms with Gasteiger partial charge in [0.15, 0.2) is 9.84 Å². The average Bonchev–Trinajstić information content (AvgIpc) is 2.04. The lowest BCUT2D eigenvalue weighted by molar-refractivity contribution is -0.120. The van der Waals surface area contributed by atoms with Gasteiger partial charge >= 0.3 is 0 Å². The summed E-state index contributed by atoms with van der Waals surface area (Å²) in [5.74, 6) is 0.220. The first kappa shape index (κ1) is 9.73. The fourth-order valence-electron chi connectivity index (χ4n) is 0.834. The summed E-state index contributed by atoms with van der Waals surface area (Å²) in [7, 11) is -3.24. The van der Waals surface area contributed by atoms with E-state index < -0.39 is 9.84 Å². The predicted octanol–water partition coefficient (Wildman–Crippen LogP) is 0.625. The van der Waals surface area contributed by atoms with Crippen LogP contribution in [0.5, 0.6) is 5.75 Å². The van der Waals surface area contributed by atoms with Crippen LogP contribution in [0.2, 0.25) is 0 Å². The van der Waals surface area contributed by atoms with Gasteiger partial charge in [-0.3, -0.25) is 4.79 Å². The largest absolute Gasteiger partial charge is 0.429 e. The Morgan fingerprint density at radius 1 is 1.38 bits per heavy atom. The molecule has 0 aliphatic carbocycles. The Labute approximate surface area is 76.1 Å². The van der Waals surface area contributed by atoms with Crippen molar-refractivity contribution < 1.29 is 17.9 Å². The summed E-state index contributed by atoms with van der Waals surface area (Å²) in [5, 5.41) is 0. The molecule has 0 radical (unpaired) electrons. The third-order valence-corrected chi connectivity index (χ3v) is 2.53. The van der Waals surface area contributed by atoms with Crippen molar-refractivity contribution in [3.8, 4) is 5.75 Å². The Hall–Kier alpha value is -1.36. The van der Waals surface area contributed by atoms with Crippen molar-refractivity contribution in [3.05, 3.63) is 24.3 Å². The summed E-state index contributed by atoms with van der Waals surface area (Å²) in [4.78, 5) is 10.1. The van der Waals surface area contributed by atoms with Crippen LogP contribution in [0, 0.1) is 0 Å². The molecule has 70 valence electrons. The van der Waals surface area contributed by atoms with Crippen LogP contribution in [0.25, 0.3) is 0 Å². The molecule has 0 amide bonds. The standard InChI is InChI=1S/C8H8O4S/c1-13(10,11)8-4-2-3-7(5-8)12-6-9/h2-6H,1H3. The molecule has 13 heavy (non-hydrogen) atoms. The molecular formula is C8H8O4S. The number of ether oxygens (including phenoxy) is 1. The summed E-state index contributed by atoms with van der Waals surface area (Å²) < 4.78 is 26.6. The molecule has 0 fully saturated rings. The van der Waals surface area contributed by atoms with Crippen LogP contribution < -0.4 is 4.74 Å². The van der Waals surface area contributed by atoms with Crippen LogP contribution in [-0.2, 0) is 14.6 Å². The molecule has 0 saturated heterocycles. The maximum atomic E-state index is 11.0. The van der Waals surface area contributed by atoms with E-state index in [1.54, 1.807) is 0 Å². The first-order valence-corrected chi connectivity index (χ1v) is 5.33. The van der Waals surface area contributed by atoms with Gasteiger partial charge in [-0.05, 0) is 18.2 Å². The molecule has 0 saturated carbocycles. The summed E-state index contributed by atoms with van der Waals surface area (Å²) in [6.45, 7) is 0.251. The van der Waals surface area contributed by atoms with Crippen LogP contribution in [0.4, 0.5) is 0 Å². The molecule has 4 nitrogen and oxygen atoms in total. The van der Waals surface area contributed by atoms with E-state index >= 15 is 0 Å². The minimum Gasteiger partial charge on any atom is -0.429 e. The average molecular weight is 200 g/mol. The van der Waals surface area contributed by atoms with Gasteiger partial charge in [0.05, 0.1) is 4.90 Å². The van der Waals surface area contributed by atoms with Gasteiger partial charge in [0.25, 0.3) is 6.47 Å². The first-order chi connectivity index (χ1) is 6.04. The maximum Gasteiger partial charge on any atom is 0.298 e. The van der Waals surface area contributed by atoms with Crippen molar-refractivity contribution >= 4 is 16.3 Å². The third kappa shape index (κ3) is 2.55. The Bertz CT molecular complexity index is 408. The summed E-state index contributed by atoms with van der Waals surface area (Å²) in [5.41, 5.74) is 0. The monoisotopic (exact) mass is 200 g/mol. The number of hydrogen-bond donors (Lipinski definition) is 0. The topological polar surface area (TPSA) is 60.4 Å². The summed E-state index contributed by atoms with van der Waals surface area (Å²) in [6.07, 6.45) is 1.09. The second-order valence-corrected chi connectivity index (χ2v) is 4.48. The molecule has 5 heteroatoms. The van der Waals surface area contributed by atoms with Gasteiger partial charge in [-0.25, -0.2) is 8.42 Å². The highest BCUT2D eigenvalue weighted by molar-refractivity contribution is 7.90. The van der Waals surface area contributed by atoms with E-state index in [1.807, 2.05) is 0 Å². The second kappa shape index (κ2) is 3.57. The van der Waals surface area contributed by atoms with Gasteiger partial charge in [0.2, 0.25) is 0 Å². The van der Waals surface area contributed by atoms with Crippen molar-refractivity contribution in [2.75, 3.05) is 6.26 Å². The number of benzene rings is 1. The lowest BCUT2D eigenvalue weighted by Gasteiger charge is -2.00. The SMILES string of the molecule is CS(=O)(=O)c1cccc(OC=O)c1. The molecule has 0 N–H and O–H groups in total. The summed E-state index contributed by atoms with van der Waals surface area (Å²) in [6, 6.07) is 5.75. The third-order valence-electron chi connectivity index (χ3n) is 1.42. The van der Waals surface area contributed by atoms with Crippen molar-refractivity contribution in [2.45, 2.75) is 4.90 Å². The molecule has 1 rings (SSSR count). The zero-order valence-electron chi connectivity index (χ0n) is 6.93. The van der Waals surface area contributed by atoms with Crippen LogP contribution in [0.15, 0.2) is 29.2 Å². The molecule has 0 heterocycles. The Morgan fingerprint density at radius 3 is 2.62 bits per heavy atom. The Balaban J connectivity index is 3.13. The minimum absolute atomic E-state index is 0.131. The zero-order chi connectivity index (χ0) is 9.90. The highest BCUT2D eigenvalue weighted by atomic mass is 32.2. The van der Waals surface area contributed by atoms with E-state index in [0.717, 1.165) is 6.26 Å². The molecule has 0 bridgehead atoms. The fraction of sp³-hybridized carbons (Fsp3) is 0.125. The van der Waals surface area contributed by atoms with Crippen molar-refractivity contribution in [1.29, 1.82) is 0 Å². The second-order valence-electron chi connectivity index (χ2n) is 2.46. The van der Waals surface area contributed by atoms with Crippen LogP contribution >= 0.6 is 0 Å². The van der Waals surface area contributed by atoms with Crippen molar-refractivity contribution in [2.24, 2.45) is 0 Å². The van der Waals surface area contributed by atoms with E-state index in [9.17, 15) is 13.2 Å². The quantitative estimate of drug-likeness (QED) is 0.671. The molecule has 1 aromatic rings. The number of carbonyl (C=O) groups is 1. The minimum atomic E-state index is -3.24. The number of rotatable bonds is 3. The van der Waals surface area contributed by atoms with E-state index in [2.05, 4.69) is 4.74 Å². The zero-order valence-corrected chi connectivity index (χ0v) is 7.74. The highest BCUT2D eigenvalue weighted by Crippen LogP contribution is 2.16. The number of carbonyl (C=O) groups excluding carboxylic acids is 1. The molecule has 0 atom stereocenters. The highest BCUT2D eigenvalue weighted by Gasteiger charge is 2.07. The smallest absolute Gasteiger partial charge is 0.298 e. The lowest BCUT2D eigenvalue weighted by Crippen LogP contribution is -1.97. The van der Waals surface area contributed by atoms with Gasteiger partial charge < -0.3 is 4.74 Å². The van der Waals surface area contributed by atoms with Crippen LogP contribution in [0.1, 0.15) is 0 Å². The van der Waals surface area contributed by atoms with Gasteiger partial charge in [0.1, 0.15) is 5.75 Å². The molecule has 0 aromatic heterocycles. The van der Waals surface area contributed by atoms with E-state index in [1.165, 1.54) is 24.3 Å². The predicted molar refractivity (Wildman–Crippen MR) is 46.2 cm³/mol. The fourth-order valence-corrected chi connectivity index (χ4v) is 1.49. The molecule has 0 spiro atoms. The summed E-state index contributed by atoms with van der Waals surface area (Å²) >= 11 is 0. The number of sulfone groups is 1. The van der Waals surface area contributed by atoms with Gasteiger partial charge in [-0.1, -0.05) is 6.07 Å². The molecule has 1 aromatic carbocycles. The maximum absolute atomic E-state index is 11.0. The molecule has 0 aliphatic heterocycles. The lowest BCUT2D eigenvalue weighted by atomic mass is 10.3. The van der Waals surface area contributed by atoms with E-state index in [0.29, 0.717) is 0 Å². The van der Waals surface area contributed by atoms with Crippen LogP contribution in [-0.4, -0.2) is 21.1 Å². The van der Waals surface area contributed by atoms with Crippen molar-refractivity contribution in [3.63, 3.8) is 0 Å². The first-order valence-electron chi connectivity index (χ1n) is 3.44. The number of hydrogen-bond acceptors (Lipinski definition) is 4. The van der Waals surface area contributed by atoms with E-state index in [-0.39, 0.29) is 17.1 Å². The molecular weight excluding hydrogens is 192 g/mol. The van der Waals surface area contributed by atoms with Crippen LogP contribution in [0.3, 0.4) is 0 Å². The normalized spacial score (nSPS) is 10.8. The Morgan fingerprint density at radius 2 is 2.08 bits per heavy atom. The Kier molecular flexibility index (Phi) is 2.67. The van der Waals surface area contributed by atoms with Gasteiger partial charge in [-0.2, -0.15) is 0 Å².